The first-order valence-electron chi connectivity index (χ1n) is 4.40. The van der Waals surface area contributed by atoms with Crippen molar-refractivity contribution in [1.29, 1.82) is 0 Å². The highest BCUT2D eigenvalue weighted by Crippen LogP contribution is 2.34. The number of aliphatic imine (C=N–C) groups is 1. The second-order valence-corrected chi connectivity index (χ2v) is 3.85. The Balaban J connectivity index is 2.43. The van der Waals surface area contributed by atoms with Crippen molar-refractivity contribution in [2.45, 2.75) is 12.3 Å². The average Bonchev–Trinajstić information content (AvgIpc) is 2.41. The standard InChI is InChI=1S/C11H8ClF2N/c1-7-6-11(13,14)10(15-7)8-2-4-9(12)5-3-8/h2-5H,1,6H2. The van der Waals surface area contributed by atoms with Crippen LogP contribution in [-0.4, -0.2) is 11.6 Å². The lowest BCUT2D eigenvalue weighted by molar-refractivity contribution is 0.0863. The lowest BCUT2D eigenvalue weighted by Crippen LogP contribution is -2.24. The molecule has 1 aromatic rings. The summed E-state index contributed by atoms with van der Waals surface area (Å²) in [5.74, 6) is -2.91. The number of allylic oxidation sites excluding steroid dienone is 1. The Bertz CT molecular complexity index is 434. The average molecular weight is 228 g/mol. The van der Waals surface area contributed by atoms with Crippen LogP contribution < -0.4 is 0 Å². The van der Waals surface area contributed by atoms with Gasteiger partial charge in [0.05, 0.1) is 6.42 Å². The van der Waals surface area contributed by atoms with E-state index in [1.807, 2.05) is 0 Å². The van der Waals surface area contributed by atoms with Gasteiger partial charge in [-0.25, -0.2) is 0 Å². The van der Waals surface area contributed by atoms with Crippen molar-refractivity contribution < 1.29 is 8.78 Å². The molecular weight excluding hydrogens is 220 g/mol. The van der Waals surface area contributed by atoms with Crippen LogP contribution >= 0.6 is 11.6 Å². The maximum atomic E-state index is 13.4. The molecule has 0 fully saturated rings. The van der Waals surface area contributed by atoms with Gasteiger partial charge in [0.15, 0.2) is 0 Å². The molecule has 15 heavy (non-hydrogen) atoms. The highest BCUT2D eigenvalue weighted by molar-refractivity contribution is 6.30. The molecule has 0 bridgehead atoms. The topological polar surface area (TPSA) is 12.4 Å². The monoisotopic (exact) mass is 227 g/mol. The third-order valence-electron chi connectivity index (χ3n) is 2.16. The molecule has 0 spiro atoms. The normalized spacial score (nSPS) is 19.1. The molecule has 0 aliphatic carbocycles. The van der Waals surface area contributed by atoms with Crippen LogP contribution in [-0.2, 0) is 0 Å². The van der Waals surface area contributed by atoms with Gasteiger partial charge in [-0.3, -0.25) is 4.99 Å². The molecule has 1 aliphatic rings. The molecular formula is C11H8ClF2N. The predicted molar refractivity (Wildman–Crippen MR) is 56.7 cm³/mol. The van der Waals surface area contributed by atoms with E-state index < -0.39 is 12.3 Å². The van der Waals surface area contributed by atoms with Crippen molar-refractivity contribution >= 4 is 17.3 Å². The first kappa shape index (κ1) is 10.3. The molecule has 2 rings (SSSR count). The van der Waals surface area contributed by atoms with Crippen LogP contribution in [0.3, 0.4) is 0 Å². The van der Waals surface area contributed by atoms with Crippen molar-refractivity contribution in [3.8, 4) is 0 Å². The number of hydrogen-bond acceptors (Lipinski definition) is 1. The molecule has 0 saturated carbocycles. The Morgan fingerprint density at radius 3 is 2.33 bits per heavy atom. The maximum Gasteiger partial charge on any atom is 0.295 e. The summed E-state index contributed by atoms with van der Waals surface area (Å²) in [6.07, 6.45) is -0.398. The Morgan fingerprint density at radius 2 is 1.87 bits per heavy atom. The van der Waals surface area contributed by atoms with E-state index in [2.05, 4.69) is 11.6 Å². The van der Waals surface area contributed by atoms with E-state index in [1.165, 1.54) is 12.1 Å². The summed E-state index contributed by atoms with van der Waals surface area (Å²) in [5.41, 5.74) is 0.386. The van der Waals surface area contributed by atoms with Gasteiger partial charge in [-0.05, 0) is 12.1 Å². The van der Waals surface area contributed by atoms with Crippen molar-refractivity contribution in [3.63, 3.8) is 0 Å². The summed E-state index contributed by atoms with van der Waals surface area (Å²) < 4.78 is 26.8. The lowest BCUT2D eigenvalue weighted by Gasteiger charge is -2.11. The molecule has 4 heteroatoms. The quantitative estimate of drug-likeness (QED) is 0.694. The summed E-state index contributed by atoms with van der Waals surface area (Å²) in [6.45, 7) is 3.45. The van der Waals surface area contributed by atoms with Gasteiger partial charge < -0.3 is 0 Å². The Hall–Kier alpha value is -1.22. The third kappa shape index (κ3) is 1.92. The van der Waals surface area contributed by atoms with Crippen LogP contribution in [0.15, 0.2) is 41.5 Å². The number of halogens is 3. The third-order valence-corrected chi connectivity index (χ3v) is 2.41. The van der Waals surface area contributed by atoms with Crippen molar-refractivity contribution in [2.75, 3.05) is 0 Å². The number of benzene rings is 1. The van der Waals surface area contributed by atoms with E-state index in [0.717, 1.165) is 0 Å². The lowest BCUT2D eigenvalue weighted by atomic mass is 10.0. The van der Waals surface area contributed by atoms with Crippen LogP contribution in [0.2, 0.25) is 5.02 Å². The second kappa shape index (κ2) is 3.42. The fourth-order valence-electron chi connectivity index (χ4n) is 1.50. The van der Waals surface area contributed by atoms with Gasteiger partial charge in [0.2, 0.25) is 0 Å². The molecule has 0 aromatic heterocycles. The molecule has 0 radical (unpaired) electrons. The van der Waals surface area contributed by atoms with Crippen LogP contribution in [0.25, 0.3) is 0 Å². The number of hydrogen-bond donors (Lipinski definition) is 0. The van der Waals surface area contributed by atoms with Gasteiger partial charge in [0.25, 0.3) is 5.92 Å². The Kier molecular flexibility index (Phi) is 2.35. The zero-order valence-electron chi connectivity index (χ0n) is 7.80. The summed E-state index contributed by atoms with van der Waals surface area (Å²) in [6, 6.07) is 6.20. The summed E-state index contributed by atoms with van der Waals surface area (Å²) in [4.78, 5) is 3.77. The van der Waals surface area contributed by atoms with Gasteiger partial charge in [-0.2, -0.15) is 8.78 Å². The van der Waals surface area contributed by atoms with E-state index in [-0.39, 0.29) is 11.4 Å². The van der Waals surface area contributed by atoms with E-state index in [9.17, 15) is 8.78 Å². The highest BCUT2D eigenvalue weighted by atomic mass is 35.5. The summed E-state index contributed by atoms with van der Waals surface area (Å²) in [5, 5.41) is 0.513. The van der Waals surface area contributed by atoms with E-state index >= 15 is 0 Å². The molecule has 78 valence electrons. The second-order valence-electron chi connectivity index (χ2n) is 3.41. The van der Waals surface area contributed by atoms with Crippen molar-refractivity contribution in [3.05, 3.63) is 47.1 Å². The summed E-state index contributed by atoms with van der Waals surface area (Å²) >= 11 is 5.67. The molecule has 0 N–H and O–H groups in total. The van der Waals surface area contributed by atoms with Gasteiger partial charge in [0.1, 0.15) is 5.71 Å². The number of nitrogens with zero attached hydrogens (tertiary/aromatic N) is 1. The SMILES string of the molecule is C=C1CC(F)(F)C(c2ccc(Cl)cc2)=N1. The first-order chi connectivity index (χ1) is 6.99. The largest absolute Gasteiger partial charge is 0.295 e. The van der Waals surface area contributed by atoms with Gasteiger partial charge in [-0.15, -0.1) is 0 Å². The molecule has 1 heterocycles. The van der Waals surface area contributed by atoms with Crippen molar-refractivity contribution in [1.82, 2.24) is 0 Å². The molecule has 0 saturated heterocycles. The van der Waals surface area contributed by atoms with Gasteiger partial charge >= 0.3 is 0 Å². The van der Waals surface area contributed by atoms with Gasteiger partial charge in [0, 0.05) is 16.3 Å². The molecule has 0 amide bonds. The zero-order chi connectivity index (χ0) is 11.1. The van der Waals surface area contributed by atoms with Crippen LogP contribution in [0.1, 0.15) is 12.0 Å². The van der Waals surface area contributed by atoms with E-state index in [4.69, 9.17) is 11.6 Å². The van der Waals surface area contributed by atoms with Crippen molar-refractivity contribution in [2.24, 2.45) is 4.99 Å². The maximum absolute atomic E-state index is 13.4. The molecule has 1 aliphatic heterocycles. The molecule has 0 unspecified atom stereocenters. The highest BCUT2D eigenvalue weighted by Gasteiger charge is 2.41. The molecule has 1 aromatic carbocycles. The Labute approximate surface area is 91.1 Å². The number of alkyl halides is 2. The molecule has 1 nitrogen and oxygen atoms in total. The smallest absolute Gasteiger partial charge is 0.251 e. The molecule has 0 atom stereocenters. The minimum absolute atomic E-state index is 0.213. The number of rotatable bonds is 1. The van der Waals surface area contributed by atoms with E-state index in [0.29, 0.717) is 10.6 Å². The van der Waals surface area contributed by atoms with Crippen LogP contribution in [0, 0.1) is 0 Å². The summed E-state index contributed by atoms with van der Waals surface area (Å²) in [7, 11) is 0. The minimum atomic E-state index is -2.91. The fourth-order valence-corrected chi connectivity index (χ4v) is 1.63. The minimum Gasteiger partial charge on any atom is -0.251 e. The Morgan fingerprint density at radius 1 is 1.27 bits per heavy atom. The van der Waals surface area contributed by atoms with Crippen LogP contribution in [0.5, 0.6) is 0 Å². The predicted octanol–water partition coefficient (Wildman–Crippen LogP) is 3.68. The van der Waals surface area contributed by atoms with E-state index in [1.54, 1.807) is 12.1 Å². The van der Waals surface area contributed by atoms with Crippen LogP contribution in [0.4, 0.5) is 8.78 Å². The fraction of sp³-hybridized carbons (Fsp3) is 0.182. The van der Waals surface area contributed by atoms with Gasteiger partial charge in [-0.1, -0.05) is 30.3 Å². The first-order valence-corrected chi connectivity index (χ1v) is 4.77. The zero-order valence-corrected chi connectivity index (χ0v) is 8.56.